The summed E-state index contributed by atoms with van der Waals surface area (Å²) < 4.78 is 1.92. The van der Waals surface area contributed by atoms with Gasteiger partial charge >= 0.3 is 0 Å². The number of hydrogen-bond donors (Lipinski definition) is 0. The summed E-state index contributed by atoms with van der Waals surface area (Å²) in [5.74, 6) is 0. The van der Waals surface area contributed by atoms with Crippen molar-refractivity contribution in [1.82, 2.24) is 4.57 Å². The van der Waals surface area contributed by atoms with Crippen LogP contribution in [0.5, 0.6) is 0 Å². The molecule has 0 radical (unpaired) electrons. The number of rotatable bonds is 0. The topological polar surface area (TPSA) is 22.0 Å². The molecule has 1 aromatic heterocycles. The highest BCUT2D eigenvalue weighted by molar-refractivity contribution is 9.93. The number of hydrogen-bond acceptors (Lipinski definition) is 1. The van der Waals surface area contributed by atoms with Crippen LogP contribution in [0.15, 0.2) is 29.1 Å². The minimum atomic E-state index is 0.146. The lowest BCUT2D eigenvalue weighted by molar-refractivity contribution is 0.615. The highest BCUT2D eigenvalue weighted by Crippen LogP contribution is 2.24. The summed E-state index contributed by atoms with van der Waals surface area (Å²) in [6, 6.07) is 8.08. The number of para-hydroxylation sites is 1. The Morgan fingerprint density at radius 3 is 2.82 bits per heavy atom. The molecule has 2 nitrogen and oxygen atoms in total. The summed E-state index contributed by atoms with van der Waals surface area (Å²) in [6.45, 7) is 2.88. The number of nitrogens with zero attached hydrogens (tertiary/aromatic N) is 1. The second-order valence-corrected chi connectivity index (χ2v) is 4.23. The first-order valence-corrected chi connectivity index (χ1v) is 9.25. The third-order valence-corrected chi connectivity index (χ3v) is 3.25. The van der Waals surface area contributed by atoms with Crippen molar-refractivity contribution in [2.75, 3.05) is 0 Å². The smallest absolute Gasteiger partial charge is 0.251 e. The Bertz CT molecular complexity index is 604. The van der Waals surface area contributed by atoms with Crippen molar-refractivity contribution in [1.29, 1.82) is 0 Å². The molecule has 2 heterocycles. The molecule has 0 aliphatic carbocycles. The summed E-state index contributed by atoms with van der Waals surface area (Å²) in [5.41, 5.74) is 3.72. The molecule has 0 fully saturated rings. The lowest BCUT2D eigenvalue weighted by Gasteiger charge is -2.19. The SMILES string of the molecule is BrBr.Cc1cc(=O)n2c3c(cccc13)CCC2. The van der Waals surface area contributed by atoms with E-state index in [4.69, 9.17) is 0 Å². The van der Waals surface area contributed by atoms with Gasteiger partial charge < -0.3 is 4.57 Å². The first-order valence-electron chi connectivity index (χ1n) is 5.54. The van der Waals surface area contributed by atoms with Crippen molar-refractivity contribution < 1.29 is 0 Å². The van der Waals surface area contributed by atoms with Gasteiger partial charge in [0.15, 0.2) is 0 Å². The van der Waals surface area contributed by atoms with Gasteiger partial charge in [0, 0.05) is 46.3 Å². The molecule has 0 unspecified atom stereocenters. The summed E-state index contributed by atoms with van der Waals surface area (Å²) in [4.78, 5) is 11.8. The van der Waals surface area contributed by atoms with E-state index in [0.29, 0.717) is 0 Å². The van der Waals surface area contributed by atoms with E-state index in [2.05, 4.69) is 46.5 Å². The van der Waals surface area contributed by atoms with Gasteiger partial charge in [-0.3, -0.25) is 4.79 Å². The van der Waals surface area contributed by atoms with Crippen molar-refractivity contribution in [2.45, 2.75) is 26.3 Å². The molecular formula is C13H13Br2NO. The van der Waals surface area contributed by atoms with Gasteiger partial charge in [0.2, 0.25) is 0 Å². The molecule has 0 saturated heterocycles. The maximum absolute atomic E-state index is 11.8. The second-order valence-electron chi connectivity index (χ2n) is 4.23. The zero-order valence-electron chi connectivity index (χ0n) is 9.54. The van der Waals surface area contributed by atoms with Gasteiger partial charge in [-0.25, -0.2) is 0 Å². The van der Waals surface area contributed by atoms with Crippen LogP contribution in [-0.2, 0) is 13.0 Å². The minimum absolute atomic E-state index is 0.146. The second kappa shape index (κ2) is 5.36. The van der Waals surface area contributed by atoms with Gasteiger partial charge in [-0.1, -0.05) is 18.2 Å². The molecule has 2 aromatic rings. The zero-order chi connectivity index (χ0) is 12.4. The molecule has 0 N–H and O–H groups in total. The highest BCUT2D eigenvalue weighted by Gasteiger charge is 2.13. The number of aromatic nitrogens is 1. The molecule has 0 atom stereocenters. The maximum Gasteiger partial charge on any atom is 0.251 e. The van der Waals surface area contributed by atoms with Gasteiger partial charge in [0.25, 0.3) is 5.56 Å². The van der Waals surface area contributed by atoms with E-state index in [1.165, 1.54) is 10.9 Å². The van der Waals surface area contributed by atoms with Crippen molar-refractivity contribution in [3.05, 3.63) is 45.7 Å². The van der Waals surface area contributed by atoms with E-state index in [0.717, 1.165) is 30.5 Å². The van der Waals surface area contributed by atoms with Gasteiger partial charge in [0.1, 0.15) is 0 Å². The molecule has 0 spiro atoms. The Morgan fingerprint density at radius 1 is 1.29 bits per heavy atom. The Labute approximate surface area is 115 Å². The summed E-state index contributed by atoms with van der Waals surface area (Å²) in [7, 11) is 0. The van der Waals surface area contributed by atoms with Crippen molar-refractivity contribution in [3.63, 3.8) is 0 Å². The van der Waals surface area contributed by atoms with Crippen LogP contribution in [0.2, 0.25) is 0 Å². The van der Waals surface area contributed by atoms with Gasteiger partial charge in [-0.05, 0) is 30.9 Å². The minimum Gasteiger partial charge on any atom is -0.308 e. The summed E-state index contributed by atoms with van der Waals surface area (Å²) in [6.07, 6.45) is 2.18. The van der Waals surface area contributed by atoms with Crippen LogP contribution < -0.4 is 5.56 Å². The first-order chi connectivity index (χ1) is 8.27. The van der Waals surface area contributed by atoms with E-state index in [9.17, 15) is 4.79 Å². The normalized spacial score (nSPS) is 13.1. The molecule has 90 valence electrons. The van der Waals surface area contributed by atoms with Crippen LogP contribution >= 0.6 is 28.3 Å². The van der Waals surface area contributed by atoms with Crippen LogP contribution in [0.3, 0.4) is 0 Å². The average molecular weight is 359 g/mol. The molecule has 3 rings (SSSR count). The Morgan fingerprint density at radius 2 is 2.06 bits per heavy atom. The lowest BCUT2D eigenvalue weighted by atomic mass is 9.99. The fourth-order valence-corrected chi connectivity index (χ4v) is 2.53. The lowest BCUT2D eigenvalue weighted by Crippen LogP contribution is -2.24. The summed E-state index contributed by atoms with van der Waals surface area (Å²) >= 11 is 5.50. The molecule has 0 bridgehead atoms. The fraction of sp³-hybridized carbons (Fsp3) is 0.308. The Hall–Kier alpha value is -0.610. The van der Waals surface area contributed by atoms with E-state index >= 15 is 0 Å². The molecular weight excluding hydrogens is 346 g/mol. The zero-order valence-corrected chi connectivity index (χ0v) is 12.7. The Kier molecular flexibility index (Phi) is 4.05. The molecule has 1 aliphatic heterocycles. The maximum atomic E-state index is 11.8. The van der Waals surface area contributed by atoms with Crippen LogP contribution in [-0.4, -0.2) is 4.57 Å². The van der Waals surface area contributed by atoms with E-state index in [1.807, 2.05) is 11.5 Å². The molecule has 17 heavy (non-hydrogen) atoms. The van der Waals surface area contributed by atoms with Crippen molar-refractivity contribution in [3.8, 4) is 0 Å². The molecule has 1 aliphatic rings. The van der Waals surface area contributed by atoms with Crippen LogP contribution in [0, 0.1) is 6.92 Å². The average Bonchev–Trinajstić information content (AvgIpc) is 2.38. The molecule has 4 heteroatoms. The van der Waals surface area contributed by atoms with Crippen LogP contribution in [0.4, 0.5) is 0 Å². The quantitative estimate of drug-likeness (QED) is 0.698. The Balaban J connectivity index is 0.000000514. The number of pyridine rings is 1. The standard InChI is InChI=1S/C13H13NO.Br2/c1-9-8-12(15)14-7-3-5-10-4-2-6-11(9)13(10)14;1-2/h2,4,6,8H,3,5,7H2,1H3;. The van der Waals surface area contributed by atoms with E-state index < -0.39 is 0 Å². The number of halogens is 2. The predicted molar refractivity (Wildman–Crippen MR) is 79.1 cm³/mol. The van der Waals surface area contributed by atoms with Crippen molar-refractivity contribution >= 4 is 39.2 Å². The largest absolute Gasteiger partial charge is 0.308 e. The van der Waals surface area contributed by atoms with Crippen LogP contribution in [0.1, 0.15) is 17.5 Å². The monoisotopic (exact) mass is 357 g/mol. The molecule has 1 aromatic carbocycles. The predicted octanol–water partition coefficient (Wildman–Crippen LogP) is 3.95. The summed E-state index contributed by atoms with van der Waals surface area (Å²) in [5, 5.41) is 1.23. The van der Waals surface area contributed by atoms with Crippen LogP contribution in [0.25, 0.3) is 10.9 Å². The molecule has 0 saturated carbocycles. The van der Waals surface area contributed by atoms with Gasteiger partial charge in [0.05, 0.1) is 5.52 Å². The highest BCUT2D eigenvalue weighted by atomic mass is 80.9. The van der Waals surface area contributed by atoms with Gasteiger partial charge in [-0.15, -0.1) is 0 Å². The first kappa shape index (κ1) is 12.8. The van der Waals surface area contributed by atoms with Crippen molar-refractivity contribution in [2.24, 2.45) is 0 Å². The molecule has 0 amide bonds. The van der Waals surface area contributed by atoms with Gasteiger partial charge in [-0.2, -0.15) is 0 Å². The number of benzene rings is 1. The third kappa shape index (κ3) is 2.20. The van der Waals surface area contributed by atoms with E-state index in [1.54, 1.807) is 6.07 Å². The van der Waals surface area contributed by atoms with E-state index in [-0.39, 0.29) is 5.56 Å². The fourth-order valence-electron chi connectivity index (χ4n) is 2.53. The number of aryl methyl sites for hydroxylation is 3. The third-order valence-electron chi connectivity index (χ3n) is 3.25.